The lowest BCUT2D eigenvalue weighted by Gasteiger charge is -2.14. The molecule has 0 N–H and O–H groups in total. The maximum Gasteiger partial charge on any atom is 0.200 e. The Hall–Kier alpha value is -1.02. The van der Waals surface area contributed by atoms with Gasteiger partial charge in [0.25, 0.3) is 0 Å². The Labute approximate surface area is 132 Å². The van der Waals surface area contributed by atoms with Crippen molar-refractivity contribution in [2.24, 2.45) is 0 Å². The third-order valence-corrected chi connectivity index (χ3v) is 4.33. The molecule has 2 rings (SSSR count). The summed E-state index contributed by atoms with van der Waals surface area (Å²) in [5.41, 5.74) is -0.920. The standard InChI is InChI=1S/C13H4Br2F6/c14-5-3-4(1-2-6(5)16)8(15)7-9(17)11(19)13(21)12(20)10(7)18/h1-3,8H. The third kappa shape index (κ3) is 2.83. The van der Waals surface area contributed by atoms with Crippen molar-refractivity contribution in [3.63, 3.8) is 0 Å². The summed E-state index contributed by atoms with van der Waals surface area (Å²) in [6.07, 6.45) is 0. The summed E-state index contributed by atoms with van der Waals surface area (Å²) in [4.78, 5) is -1.33. The zero-order chi connectivity index (χ0) is 15.9. The van der Waals surface area contributed by atoms with E-state index in [1.54, 1.807) is 0 Å². The lowest BCUT2D eigenvalue weighted by atomic mass is 10.0. The average molecular weight is 434 g/mol. The van der Waals surface area contributed by atoms with E-state index in [4.69, 9.17) is 0 Å². The Morgan fingerprint density at radius 2 is 1.24 bits per heavy atom. The molecule has 0 nitrogen and oxygen atoms in total. The fourth-order valence-corrected chi connectivity index (χ4v) is 2.76. The molecule has 112 valence electrons. The van der Waals surface area contributed by atoms with E-state index in [0.29, 0.717) is 0 Å². The molecule has 0 fully saturated rings. The first kappa shape index (κ1) is 16.4. The van der Waals surface area contributed by atoms with Crippen molar-refractivity contribution >= 4 is 31.9 Å². The van der Waals surface area contributed by atoms with Crippen LogP contribution in [-0.4, -0.2) is 0 Å². The summed E-state index contributed by atoms with van der Waals surface area (Å²) >= 11 is 5.74. The van der Waals surface area contributed by atoms with E-state index in [9.17, 15) is 26.3 Å². The molecule has 0 spiro atoms. The van der Waals surface area contributed by atoms with Crippen molar-refractivity contribution in [2.75, 3.05) is 0 Å². The monoisotopic (exact) mass is 432 g/mol. The van der Waals surface area contributed by atoms with Crippen molar-refractivity contribution in [3.05, 3.63) is 68.7 Å². The van der Waals surface area contributed by atoms with Crippen LogP contribution < -0.4 is 0 Å². The molecule has 8 heteroatoms. The van der Waals surface area contributed by atoms with Gasteiger partial charge in [0.2, 0.25) is 5.82 Å². The van der Waals surface area contributed by atoms with Crippen molar-refractivity contribution in [1.82, 2.24) is 0 Å². The van der Waals surface area contributed by atoms with Crippen LogP contribution in [0.15, 0.2) is 22.7 Å². The van der Waals surface area contributed by atoms with Gasteiger partial charge >= 0.3 is 0 Å². The maximum absolute atomic E-state index is 13.7. The molecule has 0 amide bonds. The fraction of sp³-hybridized carbons (Fsp3) is 0.0769. The molecular formula is C13H4Br2F6. The minimum absolute atomic E-state index is 0.00618. The molecule has 0 heterocycles. The molecule has 21 heavy (non-hydrogen) atoms. The summed E-state index contributed by atoms with van der Waals surface area (Å²) in [5.74, 6) is -10.8. The van der Waals surface area contributed by atoms with Crippen LogP contribution in [0.4, 0.5) is 26.3 Å². The lowest BCUT2D eigenvalue weighted by Crippen LogP contribution is -2.09. The summed E-state index contributed by atoms with van der Waals surface area (Å²) in [6.45, 7) is 0. The van der Waals surface area contributed by atoms with Gasteiger partial charge in [0, 0.05) is 5.56 Å². The first-order valence-electron chi connectivity index (χ1n) is 5.36. The highest BCUT2D eigenvalue weighted by Crippen LogP contribution is 2.38. The summed E-state index contributed by atoms with van der Waals surface area (Å²) in [6, 6.07) is 3.34. The van der Waals surface area contributed by atoms with Crippen LogP contribution in [0.3, 0.4) is 0 Å². The molecule has 0 bridgehead atoms. The molecule has 0 aliphatic rings. The summed E-state index contributed by atoms with van der Waals surface area (Å²) in [7, 11) is 0. The van der Waals surface area contributed by atoms with E-state index in [-0.39, 0.29) is 10.0 Å². The number of alkyl halides is 1. The summed E-state index contributed by atoms with van der Waals surface area (Å²) < 4.78 is 79.8. The molecule has 1 unspecified atom stereocenters. The van der Waals surface area contributed by atoms with Gasteiger partial charge in [-0.25, -0.2) is 26.3 Å². The molecule has 2 aromatic carbocycles. The van der Waals surface area contributed by atoms with E-state index >= 15 is 0 Å². The molecule has 2 aromatic rings. The Morgan fingerprint density at radius 1 is 0.762 bits per heavy atom. The second-order valence-electron chi connectivity index (χ2n) is 4.02. The van der Waals surface area contributed by atoms with Crippen LogP contribution in [0, 0.1) is 34.9 Å². The van der Waals surface area contributed by atoms with Crippen LogP contribution in [-0.2, 0) is 0 Å². The molecule has 0 aliphatic heterocycles. The lowest BCUT2D eigenvalue weighted by molar-refractivity contribution is 0.371. The van der Waals surface area contributed by atoms with Gasteiger partial charge < -0.3 is 0 Å². The van der Waals surface area contributed by atoms with E-state index in [1.807, 2.05) is 0 Å². The van der Waals surface area contributed by atoms with Gasteiger partial charge in [0.05, 0.1) is 9.30 Å². The number of halogens is 8. The minimum Gasteiger partial charge on any atom is -0.206 e. The Bertz CT molecular complexity index is 687. The zero-order valence-electron chi connectivity index (χ0n) is 9.83. The predicted octanol–water partition coefficient (Wildman–Crippen LogP) is 5.77. The topological polar surface area (TPSA) is 0 Å². The molecular weight excluding hydrogens is 430 g/mol. The van der Waals surface area contributed by atoms with Gasteiger partial charge in [-0.3, -0.25) is 0 Å². The Kier molecular flexibility index (Phi) is 4.67. The number of rotatable bonds is 2. The second-order valence-corrected chi connectivity index (χ2v) is 5.79. The van der Waals surface area contributed by atoms with E-state index in [1.165, 1.54) is 6.07 Å². The highest BCUT2D eigenvalue weighted by atomic mass is 79.9. The quantitative estimate of drug-likeness (QED) is 0.244. The van der Waals surface area contributed by atoms with E-state index < -0.39 is 45.3 Å². The minimum atomic E-state index is -2.23. The zero-order valence-corrected chi connectivity index (χ0v) is 13.0. The van der Waals surface area contributed by atoms with Crippen molar-refractivity contribution in [2.45, 2.75) is 4.83 Å². The largest absolute Gasteiger partial charge is 0.206 e. The van der Waals surface area contributed by atoms with Gasteiger partial charge in [-0.15, -0.1) is 0 Å². The number of benzene rings is 2. The summed E-state index contributed by atoms with van der Waals surface area (Å²) in [5, 5.41) is 0. The molecule has 0 saturated heterocycles. The van der Waals surface area contributed by atoms with E-state index in [2.05, 4.69) is 31.9 Å². The van der Waals surface area contributed by atoms with Crippen LogP contribution in [0.2, 0.25) is 0 Å². The number of hydrogen-bond acceptors (Lipinski definition) is 0. The predicted molar refractivity (Wildman–Crippen MR) is 71.1 cm³/mol. The third-order valence-electron chi connectivity index (χ3n) is 2.73. The molecule has 0 saturated carbocycles. The number of hydrogen-bond donors (Lipinski definition) is 0. The van der Waals surface area contributed by atoms with Gasteiger partial charge in [0.1, 0.15) is 5.82 Å². The Morgan fingerprint density at radius 3 is 1.71 bits per heavy atom. The normalized spacial score (nSPS) is 12.6. The van der Waals surface area contributed by atoms with E-state index in [0.717, 1.165) is 12.1 Å². The molecule has 0 aromatic heterocycles. The highest BCUT2D eigenvalue weighted by Gasteiger charge is 2.30. The van der Waals surface area contributed by atoms with Crippen LogP contribution in [0.1, 0.15) is 16.0 Å². The van der Waals surface area contributed by atoms with Gasteiger partial charge in [-0.2, -0.15) is 0 Å². The first-order valence-corrected chi connectivity index (χ1v) is 7.07. The van der Waals surface area contributed by atoms with Crippen LogP contribution in [0.5, 0.6) is 0 Å². The fourth-order valence-electron chi connectivity index (χ4n) is 1.68. The van der Waals surface area contributed by atoms with Gasteiger partial charge in [-0.1, -0.05) is 22.0 Å². The maximum atomic E-state index is 13.7. The highest BCUT2D eigenvalue weighted by molar-refractivity contribution is 9.10. The van der Waals surface area contributed by atoms with Crippen molar-refractivity contribution < 1.29 is 26.3 Å². The SMILES string of the molecule is Fc1ccc(C(Br)c2c(F)c(F)c(F)c(F)c2F)cc1Br. The Balaban J connectivity index is 2.63. The van der Waals surface area contributed by atoms with Gasteiger partial charge in [-0.05, 0) is 33.6 Å². The average Bonchev–Trinajstić information content (AvgIpc) is 2.46. The second kappa shape index (κ2) is 6.00. The molecule has 1 atom stereocenters. The van der Waals surface area contributed by atoms with Gasteiger partial charge in [0.15, 0.2) is 23.3 Å². The smallest absolute Gasteiger partial charge is 0.200 e. The first-order chi connectivity index (χ1) is 9.75. The molecule has 0 radical (unpaired) electrons. The van der Waals surface area contributed by atoms with Crippen molar-refractivity contribution in [3.8, 4) is 0 Å². The van der Waals surface area contributed by atoms with Crippen LogP contribution >= 0.6 is 31.9 Å². The van der Waals surface area contributed by atoms with Crippen LogP contribution in [0.25, 0.3) is 0 Å². The van der Waals surface area contributed by atoms with Crippen molar-refractivity contribution in [1.29, 1.82) is 0 Å². The molecule has 0 aliphatic carbocycles.